The number of ether oxygens (including phenoxy) is 2. The first-order valence-corrected chi connectivity index (χ1v) is 10.9. The molecular weight excluding hydrogens is 412 g/mol. The fraction of sp³-hybridized carbons (Fsp3) is 0.458. The van der Waals surface area contributed by atoms with E-state index in [0.29, 0.717) is 42.9 Å². The Balaban J connectivity index is 1.24. The number of carbonyl (C=O) groups is 3. The second-order valence-electron chi connectivity index (χ2n) is 8.82. The van der Waals surface area contributed by atoms with Crippen LogP contribution in [0, 0.1) is 6.92 Å². The molecule has 0 aliphatic carbocycles. The molecule has 5 rings (SSSR count). The molecule has 0 saturated carbocycles. The summed E-state index contributed by atoms with van der Waals surface area (Å²) < 4.78 is 10.2. The largest absolute Gasteiger partial charge is 0.457 e. The third kappa shape index (κ3) is 3.34. The molecule has 1 amide bonds. The molecule has 4 aliphatic rings. The average molecular weight is 438 g/mol. The Morgan fingerprint density at radius 1 is 1.03 bits per heavy atom. The number of hydrogen-bond acceptors (Lipinski definition) is 7. The van der Waals surface area contributed by atoms with Crippen LogP contribution >= 0.6 is 0 Å². The topological polar surface area (TPSA) is 96.4 Å². The quantitative estimate of drug-likeness (QED) is 0.716. The van der Waals surface area contributed by atoms with Gasteiger partial charge in [0.15, 0.2) is 0 Å². The van der Waals surface area contributed by atoms with Crippen LogP contribution in [-0.2, 0) is 25.7 Å². The maximum Gasteiger partial charge on any atom is 0.338 e. The minimum absolute atomic E-state index is 0.0332. The van der Waals surface area contributed by atoms with Crippen molar-refractivity contribution < 1.29 is 29.0 Å². The summed E-state index contributed by atoms with van der Waals surface area (Å²) in [5.74, 6) is -0.697. The summed E-state index contributed by atoms with van der Waals surface area (Å²) in [7, 11) is 0. The van der Waals surface area contributed by atoms with Gasteiger partial charge in [-0.2, -0.15) is 0 Å². The van der Waals surface area contributed by atoms with Crippen molar-refractivity contribution in [3.8, 4) is 0 Å². The number of amides is 1. The van der Waals surface area contributed by atoms with Gasteiger partial charge >= 0.3 is 11.9 Å². The summed E-state index contributed by atoms with van der Waals surface area (Å²) >= 11 is 0. The van der Waals surface area contributed by atoms with Crippen LogP contribution in [0.4, 0.5) is 0 Å². The van der Waals surface area contributed by atoms with Gasteiger partial charge in [-0.3, -0.25) is 9.69 Å². The Kier molecular flexibility index (Phi) is 5.14. The molecule has 0 bridgehead atoms. The first-order chi connectivity index (χ1) is 15.3. The van der Waals surface area contributed by atoms with Crippen LogP contribution in [0.5, 0.6) is 0 Å². The van der Waals surface area contributed by atoms with E-state index >= 15 is 0 Å². The average Bonchev–Trinajstić information content (AvgIpc) is 3.35. The van der Waals surface area contributed by atoms with Crippen molar-refractivity contribution in [2.24, 2.45) is 0 Å². The number of rotatable bonds is 4. The van der Waals surface area contributed by atoms with Crippen LogP contribution in [0.25, 0.3) is 0 Å². The van der Waals surface area contributed by atoms with E-state index in [2.05, 4.69) is 4.90 Å². The van der Waals surface area contributed by atoms with Crippen LogP contribution in [0.15, 0.2) is 34.5 Å². The van der Waals surface area contributed by atoms with Crippen molar-refractivity contribution >= 4 is 17.8 Å². The third-order valence-corrected chi connectivity index (χ3v) is 7.09. The number of β-amino-alcohol motifs (C(OH)–C–C–N with tert-alkyl or cyclic N) is 1. The van der Waals surface area contributed by atoms with Gasteiger partial charge in [0, 0.05) is 37.3 Å². The lowest BCUT2D eigenvalue weighted by Crippen LogP contribution is -2.33. The van der Waals surface area contributed by atoms with Crippen LogP contribution in [-0.4, -0.2) is 65.5 Å². The molecule has 4 aliphatic heterocycles. The first-order valence-electron chi connectivity index (χ1n) is 10.9. The maximum atomic E-state index is 13.0. The number of aliphatic hydroxyl groups excluding tert-OH is 1. The normalized spacial score (nSPS) is 22.2. The second-order valence-corrected chi connectivity index (χ2v) is 8.82. The number of benzene rings is 1. The van der Waals surface area contributed by atoms with Crippen molar-refractivity contribution in [2.75, 3.05) is 32.8 Å². The van der Waals surface area contributed by atoms with E-state index in [4.69, 9.17) is 9.47 Å². The molecule has 0 spiro atoms. The zero-order valence-electron chi connectivity index (χ0n) is 18.3. The Labute approximate surface area is 186 Å². The first kappa shape index (κ1) is 20.9. The van der Waals surface area contributed by atoms with Crippen LogP contribution < -0.4 is 0 Å². The van der Waals surface area contributed by atoms with Crippen molar-refractivity contribution in [2.45, 2.75) is 39.4 Å². The zero-order chi connectivity index (χ0) is 22.6. The predicted molar refractivity (Wildman–Crippen MR) is 113 cm³/mol. The SMILES string of the molecule is CC1=C(N2CC3=C(CCN(C[C@H](O)c4ccc5c(c4C)COC5=O)CC3)C2=O)COC1=O. The Hall–Kier alpha value is -2.97. The Bertz CT molecular complexity index is 1100. The summed E-state index contributed by atoms with van der Waals surface area (Å²) in [6.07, 6.45) is 0.673. The van der Waals surface area contributed by atoms with E-state index < -0.39 is 6.10 Å². The lowest BCUT2D eigenvalue weighted by atomic mass is 9.95. The van der Waals surface area contributed by atoms with E-state index in [1.54, 1.807) is 17.9 Å². The number of fused-ring (bicyclic) bond motifs is 1. The fourth-order valence-corrected chi connectivity index (χ4v) is 5.08. The van der Waals surface area contributed by atoms with Crippen molar-refractivity contribution in [1.82, 2.24) is 9.80 Å². The van der Waals surface area contributed by atoms with Crippen molar-refractivity contribution in [3.05, 3.63) is 56.8 Å². The molecule has 32 heavy (non-hydrogen) atoms. The van der Waals surface area contributed by atoms with Gasteiger partial charge in [-0.1, -0.05) is 6.07 Å². The van der Waals surface area contributed by atoms with Crippen molar-refractivity contribution in [1.29, 1.82) is 0 Å². The van der Waals surface area contributed by atoms with E-state index in [1.807, 2.05) is 13.0 Å². The molecule has 0 fully saturated rings. The molecular formula is C24H26N2O6. The molecule has 4 heterocycles. The highest BCUT2D eigenvalue weighted by molar-refractivity contribution is 6.00. The van der Waals surface area contributed by atoms with E-state index in [0.717, 1.165) is 40.8 Å². The lowest BCUT2D eigenvalue weighted by Gasteiger charge is -2.26. The minimum Gasteiger partial charge on any atom is -0.457 e. The highest BCUT2D eigenvalue weighted by atomic mass is 16.5. The fourth-order valence-electron chi connectivity index (χ4n) is 5.08. The predicted octanol–water partition coefficient (Wildman–Crippen LogP) is 1.76. The van der Waals surface area contributed by atoms with Gasteiger partial charge in [0.1, 0.15) is 13.2 Å². The summed E-state index contributed by atoms with van der Waals surface area (Å²) in [6, 6.07) is 3.54. The molecule has 1 N–H and O–H groups in total. The summed E-state index contributed by atoms with van der Waals surface area (Å²) in [6.45, 7) is 6.42. The molecule has 1 aromatic carbocycles. The zero-order valence-corrected chi connectivity index (χ0v) is 18.3. The van der Waals surface area contributed by atoms with Crippen LogP contribution in [0.3, 0.4) is 0 Å². The van der Waals surface area contributed by atoms with Gasteiger partial charge in [-0.15, -0.1) is 0 Å². The second kappa shape index (κ2) is 7.86. The summed E-state index contributed by atoms with van der Waals surface area (Å²) in [4.78, 5) is 40.3. The number of cyclic esters (lactones) is 2. The number of aliphatic hydroxyl groups is 1. The molecule has 1 atom stereocenters. The molecule has 0 aromatic heterocycles. The summed E-state index contributed by atoms with van der Waals surface area (Å²) in [5, 5.41) is 10.9. The monoisotopic (exact) mass is 438 g/mol. The number of esters is 2. The Morgan fingerprint density at radius 2 is 1.78 bits per heavy atom. The molecule has 8 nitrogen and oxygen atoms in total. The maximum absolute atomic E-state index is 13.0. The van der Waals surface area contributed by atoms with Gasteiger partial charge in [0.05, 0.1) is 22.9 Å². The molecule has 8 heteroatoms. The van der Waals surface area contributed by atoms with Gasteiger partial charge in [0.2, 0.25) is 0 Å². The molecule has 168 valence electrons. The van der Waals surface area contributed by atoms with E-state index in [1.165, 1.54) is 0 Å². The lowest BCUT2D eigenvalue weighted by molar-refractivity contribution is -0.136. The highest BCUT2D eigenvalue weighted by Gasteiger charge is 2.37. The minimum atomic E-state index is -0.689. The molecule has 0 unspecified atom stereocenters. The van der Waals surface area contributed by atoms with Gasteiger partial charge in [-0.05, 0) is 49.5 Å². The molecule has 1 aromatic rings. The van der Waals surface area contributed by atoms with Crippen LogP contribution in [0.2, 0.25) is 0 Å². The van der Waals surface area contributed by atoms with E-state index in [9.17, 15) is 19.5 Å². The van der Waals surface area contributed by atoms with Crippen LogP contribution in [0.1, 0.15) is 52.9 Å². The third-order valence-electron chi connectivity index (χ3n) is 7.09. The van der Waals surface area contributed by atoms with E-state index in [-0.39, 0.29) is 31.1 Å². The van der Waals surface area contributed by atoms with Crippen molar-refractivity contribution in [3.63, 3.8) is 0 Å². The molecule has 0 saturated heterocycles. The number of carbonyl (C=O) groups excluding carboxylic acids is 3. The van der Waals surface area contributed by atoms with Gasteiger partial charge in [-0.25, -0.2) is 9.59 Å². The smallest absolute Gasteiger partial charge is 0.338 e. The number of nitrogens with zero attached hydrogens (tertiary/aromatic N) is 2. The Morgan fingerprint density at radius 3 is 2.53 bits per heavy atom. The highest BCUT2D eigenvalue weighted by Crippen LogP contribution is 2.34. The van der Waals surface area contributed by atoms with Gasteiger partial charge < -0.3 is 19.5 Å². The number of hydrogen-bond donors (Lipinski definition) is 1. The van der Waals surface area contributed by atoms with Gasteiger partial charge in [0.25, 0.3) is 5.91 Å². The molecule has 0 radical (unpaired) electrons. The summed E-state index contributed by atoms with van der Waals surface area (Å²) in [5.41, 5.74) is 6.26. The standard InChI is InChI=1S/C24H26N2O6/c1-13-16(3-4-18-19(13)11-31-24(18)30)21(27)10-25-7-5-15-9-26(22(28)17(15)6-8-25)20-12-32-23(29)14(20)2/h3-4,21,27H,5-12H2,1-2H3/t21-/m0/s1.